The fourth-order valence-corrected chi connectivity index (χ4v) is 6.66. The quantitative estimate of drug-likeness (QED) is 0.0156. The summed E-state index contributed by atoms with van der Waals surface area (Å²) in [4.78, 5) is 25.4. The standard InChI is InChI=1S/C50H76O12S/c1-3-5-7-9-11-13-15-17-18-19-20-21-22-23-24-25-27-28-30-32-34-36-38-45(51)59-40-43(41-60-50-49(55)48(54)47(53)44(62-50)42-63(56,57)58)61-46(52)39-37-35-33-31-29-26-16-14-12-10-8-6-4-2/h5-8,10-14,16-18,20-21,23-24,26,29,31,33,43-44,47-50,53-55H,3-4,9,15,19,22,25,27-28,30,32,34-42H2,1-2H3,(H,56,57,58)/b7-5+,8-6+,12-10+,13-11+,16-14+,18-17+,21-20+,24-23+,29-26+,33-31+/t43?,44-,47-,48?,49?,50+/m1/s1. The van der Waals surface area contributed by atoms with E-state index >= 15 is 0 Å². The molecule has 4 N–H and O–H groups in total. The number of aliphatic hydroxyl groups is 3. The molecule has 0 radical (unpaired) electrons. The zero-order valence-corrected chi connectivity index (χ0v) is 38.4. The summed E-state index contributed by atoms with van der Waals surface area (Å²) in [5.74, 6) is -2.12. The molecule has 1 aliphatic heterocycles. The molecule has 0 aromatic heterocycles. The number of ether oxygens (including phenoxy) is 4. The highest BCUT2D eigenvalue weighted by Gasteiger charge is 2.46. The van der Waals surface area contributed by atoms with E-state index in [2.05, 4.69) is 80.7 Å². The Balaban J connectivity index is 2.47. The van der Waals surface area contributed by atoms with Crippen molar-refractivity contribution in [3.63, 3.8) is 0 Å². The number of allylic oxidation sites excluding steroid dienone is 20. The van der Waals surface area contributed by atoms with Crippen molar-refractivity contribution in [2.45, 2.75) is 160 Å². The first kappa shape index (κ1) is 57.1. The van der Waals surface area contributed by atoms with Gasteiger partial charge in [0, 0.05) is 12.8 Å². The fourth-order valence-electron chi connectivity index (χ4n) is 5.97. The summed E-state index contributed by atoms with van der Waals surface area (Å²) >= 11 is 0. The number of esters is 2. The van der Waals surface area contributed by atoms with E-state index < -0.39 is 71.2 Å². The van der Waals surface area contributed by atoms with E-state index in [1.54, 1.807) is 0 Å². The van der Waals surface area contributed by atoms with Gasteiger partial charge in [-0.3, -0.25) is 14.1 Å². The molecule has 3 unspecified atom stereocenters. The molecule has 1 aliphatic rings. The minimum atomic E-state index is -4.62. The molecule has 0 aromatic carbocycles. The summed E-state index contributed by atoms with van der Waals surface area (Å²) in [6.07, 6.45) is 45.4. The Morgan fingerprint density at radius 3 is 1.63 bits per heavy atom. The van der Waals surface area contributed by atoms with Crippen LogP contribution in [-0.2, 0) is 38.7 Å². The monoisotopic (exact) mass is 901 g/mol. The third-order valence-corrected chi connectivity index (χ3v) is 10.2. The van der Waals surface area contributed by atoms with Gasteiger partial charge in [-0.1, -0.05) is 161 Å². The summed E-state index contributed by atoms with van der Waals surface area (Å²) in [6.45, 7) is 3.40. The Labute approximate surface area is 378 Å². The number of carbonyl (C=O) groups excluding carboxylic acids is 2. The summed E-state index contributed by atoms with van der Waals surface area (Å²) < 4.78 is 53.9. The third-order valence-electron chi connectivity index (χ3n) is 9.41. The van der Waals surface area contributed by atoms with Crippen LogP contribution < -0.4 is 0 Å². The highest BCUT2D eigenvalue weighted by molar-refractivity contribution is 7.85. The van der Waals surface area contributed by atoms with Crippen LogP contribution >= 0.6 is 0 Å². The molecule has 1 saturated heterocycles. The lowest BCUT2D eigenvalue weighted by Gasteiger charge is -2.40. The lowest BCUT2D eigenvalue weighted by Crippen LogP contribution is -2.60. The van der Waals surface area contributed by atoms with E-state index in [1.165, 1.54) is 0 Å². The SMILES string of the molecule is CC/C=C/C=C/C=C/C=C/C=C/CCCC(=O)OC(COC(=O)CCCCCCCC/C=C/C/C=C/C/C=C/C/C=C/C/C=C/CC)CO[C@H]1O[C@H](CS(=O)(=O)O)[C@@H](O)C(O)C1O. The summed E-state index contributed by atoms with van der Waals surface area (Å²) in [5.41, 5.74) is 0. The van der Waals surface area contributed by atoms with E-state index in [-0.39, 0.29) is 19.4 Å². The van der Waals surface area contributed by atoms with Gasteiger partial charge in [0.1, 0.15) is 36.8 Å². The maximum absolute atomic E-state index is 12.8. The van der Waals surface area contributed by atoms with Gasteiger partial charge in [0.2, 0.25) is 0 Å². The van der Waals surface area contributed by atoms with E-state index in [9.17, 15) is 37.9 Å². The van der Waals surface area contributed by atoms with Crippen LogP contribution in [-0.4, -0.2) is 96.0 Å². The Kier molecular flexibility index (Phi) is 34.9. The maximum atomic E-state index is 12.8. The molecule has 12 nitrogen and oxygen atoms in total. The first-order chi connectivity index (χ1) is 30.5. The number of unbranched alkanes of at least 4 members (excludes halogenated alkanes) is 7. The third kappa shape index (κ3) is 33.3. The molecule has 1 rings (SSSR count). The van der Waals surface area contributed by atoms with Crippen molar-refractivity contribution in [1.82, 2.24) is 0 Å². The zero-order chi connectivity index (χ0) is 46.2. The van der Waals surface area contributed by atoms with E-state index in [0.29, 0.717) is 19.3 Å². The van der Waals surface area contributed by atoms with Crippen LogP contribution in [0.4, 0.5) is 0 Å². The summed E-state index contributed by atoms with van der Waals surface area (Å²) in [6, 6.07) is 0. The molecule has 13 heteroatoms. The number of aliphatic hydroxyl groups excluding tert-OH is 3. The highest BCUT2D eigenvalue weighted by atomic mass is 32.2. The van der Waals surface area contributed by atoms with Gasteiger partial charge in [-0.15, -0.1) is 0 Å². The molecule has 0 aromatic rings. The van der Waals surface area contributed by atoms with Crippen molar-refractivity contribution in [2.24, 2.45) is 0 Å². The molecule has 1 fully saturated rings. The molecule has 0 spiro atoms. The van der Waals surface area contributed by atoms with Gasteiger partial charge in [-0.2, -0.15) is 8.42 Å². The van der Waals surface area contributed by atoms with Gasteiger partial charge < -0.3 is 34.3 Å². The van der Waals surface area contributed by atoms with Crippen LogP contribution in [0.15, 0.2) is 122 Å². The van der Waals surface area contributed by atoms with Gasteiger partial charge in [-0.25, -0.2) is 0 Å². The smallest absolute Gasteiger partial charge is 0.306 e. The molecule has 6 atom stereocenters. The Hall–Kier alpha value is -3.95. The first-order valence-electron chi connectivity index (χ1n) is 22.7. The lowest BCUT2D eigenvalue weighted by atomic mass is 10.00. The summed E-state index contributed by atoms with van der Waals surface area (Å²) in [7, 11) is -4.62. The molecular weight excluding hydrogens is 825 g/mol. The summed E-state index contributed by atoms with van der Waals surface area (Å²) in [5, 5.41) is 30.9. The van der Waals surface area contributed by atoms with Crippen molar-refractivity contribution in [1.29, 1.82) is 0 Å². The van der Waals surface area contributed by atoms with Crippen LogP contribution in [0, 0.1) is 0 Å². The van der Waals surface area contributed by atoms with E-state index in [4.69, 9.17) is 18.9 Å². The van der Waals surface area contributed by atoms with Gasteiger partial charge in [0.15, 0.2) is 12.4 Å². The molecule has 0 amide bonds. The number of carbonyl (C=O) groups is 2. The molecule has 0 bridgehead atoms. The van der Waals surface area contributed by atoms with Crippen molar-refractivity contribution >= 4 is 22.1 Å². The first-order valence-corrected chi connectivity index (χ1v) is 24.3. The van der Waals surface area contributed by atoms with Gasteiger partial charge in [0.25, 0.3) is 10.1 Å². The second-order valence-electron chi connectivity index (χ2n) is 15.1. The van der Waals surface area contributed by atoms with Crippen LogP contribution in [0.5, 0.6) is 0 Å². The molecule has 63 heavy (non-hydrogen) atoms. The van der Waals surface area contributed by atoms with Gasteiger partial charge in [0.05, 0.1) is 6.61 Å². The van der Waals surface area contributed by atoms with Crippen molar-refractivity contribution in [2.75, 3.05) is 19.0 Å². The highest BCUT2D eigenvalue weighted by Crippen LogP contribution is 2.24. The predicted octanol–water partition coefficient (Wildman–Crippen LogP) is 9.39. The van der Waals surface area contributed by atoms with E-state index in [1.807, 2.05) is 54.7 Å². The Bertz CT molecular complexity index is 1620. The largest absolute Gasteiger partial charge is 0.462 e. The average molecular weight is 901 g/mol. The lowest BCUT2D eigenvalue weighted by molar-refractivity contribution is -0.297. The number of hydrogen-bond donors (Lipinski definition) is 4. The topological polar surface area (TPSA) is 186 Å². The van der Waals surface area contributed by atoms with Crippen molar-refractivity contribution in [3.05, 3.63) is 122 Å². The predicted molar refractivity (Wildman–Crippen MR) is 251 cm³/mol. The average Bonchev–Trinajstić information content (AvgIpc) is 3.25. The van der Waals surface area contributed by atoms with Crippen LogP contribution in [0.2, 0.25) is 0 Å². The van der Waals surface area contributed by atoms with Crippen molar-refractivity contribution in [3.8, 4) is 0 Å². The number of hydrogen-bond acceptors (Lipinski definition) is 11. The van der Waals surface area contributed by atoms with Gasteiger partial charge >= 0.3 is 11.9 Å². The van der Waals surface area contributed by atoms with Crippen LogP contribution in [0.3, 0.4) is 0 Å². The maximum Gasteiger partial charge on any atom is 0.306 e. The second-order valence-corrected chi connectivity index (χ2v) is 16.6. The number of rotatable bonds is 35. The zero-order valence-electron chi connectivity index (χ0n) is 37.6. The molecule has 0 aliphatic carbocycles. The molecule has 1 heterocycles. The van der Waals surface area contributed by atoms with E-state index in [0.717, 1.165) is 77.0 Å². The van der Waals surface area contributed by atoms with Gasteiger partial charge in [-0.05, 0) is 70.6 Å². The molecule has 0 saturated carbocycles. The molecule has 354 valence electrons. The Morgan fingerprint density at radius 2 is 1.05 bits per heavy atom. The molecular formula is C50H76O12S. The minimum absolute atomic E-state index is 0.0562. The second kappa shape index (κ2) is 38.5. The van der Waals surface area contributed by atoms with Crippen LogP contribution in [0.1, 0.15) is 123 Å². The van der Waals surface area contributed by atoms with Crippen molar-refractivity contribution < 1.29 is 56.8 Å². The fraction of sp³-hybridized carbons (Fsp3) is 0.560. The van der Waals surface area contributed by atoms with Crippen LogP contribution in [0.25, 0.3) is 0 Å². The minimum Gasteiger partial charge on any atom is -0.462 e. The normalized spacial score (nSPS) is 20.9. The Morgan fingerprint density at radius 1 is 0.556 bits per heavy atom.